The Balaban J connectivity index is 2.17. The average molecular weight is 313 g/mol. The van der Waals surface area contributed by atoms with Gasteiger partial charge in [0.15, 0.2) is 0 Å². The molecule has 0 aromatic heterocycles. The quantitative estimate of drug-likeness (QED) is 0.754. The van der Waals surface area contributed by atoms with Crippen molar-refractivity contribution in [2.75, 3.05) is 26.2 Å². The number of carbonyl (C=O) groups is 3. The molecule has 0 aromatic rings. The number of rotatable bonds is 4. The summed E-state index contributed by atoms with van der Waals surface area (Å²) < 4.78 is 5.10. The number of hydrogen-bond acceptors (Lipinski definition) is 4. The lowest BCUT2D eigenvalue weighted by Crippen LogP contribution is -2.44. The van der Waals surface area contributed by atoms with Crippen LogP contribution in [0.1, 0.15) is 40.5 Å². The first kappa shape index (κ1) is 18.3. The van der Waals surface area contributed by atoms with Gasteiger partial charge in [0.05, 0.1) is 0 Å². The molecule has 1 aliphatic rings. The topological polar surface area (TPSA) is 87.7 Å². The van der Waals surface area contributed by atoms with Gasteiger partial charge in [-0.25, -0.2) is 4.79 Å². The Morgan fingerprint density at radius 2 is 1.64 bits per heavy atom. The van der Waals surface area contributed by atoms with Crippen molar-refractivity contribution < 1.29 is 19.1 Å². The van der Waals surface area contributed by atoms with E-state index >= 15 is 0 Å². The highest BCUT2D eigenvalue weighted by molar-refractivity contribution is 5.79. The number of piperidine rings is 1. The maximum atomic E-state index is 12.0. The van der Waals surface area contributed by atoms with E-state index in [2.05, 4.69) is 10.6 Å². The third kappa shape index (κ3) is 6.78. The molecule has 1 fully saturated rings. The van der Waals surface area contributed by atoms with Crippen molar-refractivity contribution in [3.63, 3.8) is 0 Å². The average Bonchev–Trinajstić information content (AvgIpc) is 2.41. The van der Waals surface area contributed by atoms with Crippen LogP contribution in [0.3, 0.4) is 0 Å². The Hall–Kier alpha value is -1.79. The molecule has 1 saturated heterocycles. The second-order valence-corrected chi connectivity index (χ2v) is 6.50. The summed E-state index contributed by atoms with van der Waals surface area (Å²) in [6.45, 7) is 8.87. The van der Waals surface area contributed by atoms with Gasteiger partial charge in [0.1, 0.15) is 5.60 Å². The van der Waals surface area contributed by atoms with Gasteiger partial charge in [-0.05, 0) is 33.6 Å². The van der Waals surface area contributed by atoms with Gasteiger partial charge >= 0.3 is 6.09 Å². The summed E-state index contributed by atoms with van der Waals surface area (Å²) in [4.78, 5) is 36.4. The Morgan fingerprint density at radius 1 is 1.09 bits per heavy atom. The highest BCUT2D eigenvalue weighted by Gasteiger charge is 2.25. The van der Waals surface area contributed by atoms with Gasteiger partial charge < -0.3 is 20.3 Å². The number of nitrogens with one attached hydrogen (secondary N) is 2. The number of alkyl carbamates (subject to hydrolysis) is 1. The summed E-state index contributed by atoms with van der Waals surface area (Å²) in [7, 11) is 0. The van der Waals surface area contributed by atoms with Crippen LogP contribution in [0.2, 0.25) is 0 Å². The fourth-order valence-corrected chi connectivity index (χ4v) is 2.27. The van der Waals surface area contributed by atoms with Crippen molar-refractivity contribution in [2.24, 2.45) is 5.92 Å². The second-order valence-electron chi connectivity index (χ2n) is 6.50. The molecule has 3 amide bonds. The minimum Gasteiger partial charge on any atom is -0.444 e. The van der Waals surface area contributed by atoms with Crippen molar-refractivity contribution >= 4 is 17.9 Å². The van der Waals surface area contributed by atoms with Gasteiger partial charge in [-0.3, -0.25) is 9.59 Å². The Labute approximate surface area is 131 Å². The first-order valence-electron chi connectivity index (χ1n) is 7.69. The number of likely N-dealkylation sites (tertiary alicyclic amines) is 1. The number of amides is 3. The van der Waals surface area contributed by atoms with E-state index in [0.717, 1.165) is 0 Å². The fourth-order valence-electron chi connectivity index (χ4n) is 2.27. The van der Waals surface area contributed by atoms with Crippen LogP contribution in [-0.2, 0) is 14.3 Å². The van der Waals surface area contributed by atoms with E-state index in [-0.39, 0.29) is 17.7 Å². The lowest BCUT2D eigenvalue weighted by atomic mass is 9.96. The molecule has 0 atom stereocenters. The SMILES string of the molecule is CC(=O)N1CCC(C(=O)NCCNC(=O)OC(C)(C)C)CC1. The number of nitrogens with zero attached hydrogens (tertiary/aromatic N) is 1. The van der Waals surface area contributed by atoms with Crippen LogP contribution in [0.15, 0.2) is 0 Å². The van der Waals surface area contributed by atoms with Crippen molar-refractivity contribution in [3.8, 4) is 0 Å². The summed E-state index contributed by atoms with van der Waals surface area (Å²) in [5.74, 6) is -0.0215. The van der Waals surface area contributed by atoms with Crippen molar-refractivity contribution in [1.82, 2.24) is 15.5 Å². The van der Waals surface area contributed by atoms with E-state index in [4.69, 9.17) is 4.74 Å². The van der Waals surface area contributed by atoms with Crippen LogP contribution in [0.5, 0.6) is 0 Å². The molecule has 126 valence electrons. The number of ether oxygens (including phenoxy) is 1. The molecule has 2 N–H and O–H groups in total. The lowest BCUT2D eigenvalue weighted by molar-refractivity contribution is -0.133. The monoisotopic (exact) mass is 313 g/mol. The molecule has 0 aromatic carbocycles. The number of carbonyl (C=O) groups excluding carboxylic acids is 3. The molecule has 0 aliphatic carbocycles. The van der Waals surface area contributed by atoms with Crippen molar-refractivity contribution in [3.05, 3.63) is 0 Å². The third-order valence-electron chi connectivity index (χ3n) is 3.40. The molecule has 0 saturated carbocycles. The van der Waals surface area contributed by atoms with Gasteiger partial charge in [0, 0.05) is 39.0 Å². The molecule has 1 heterocycles. The van der Waals surface area contributed by atoms with E-state index in [1.54, 1.807) is 32.6 Å². The van der Waals surface area contributed by atoms with Crippen LogP contribution < -0.4 is 10.6 Å². The first-order valence-corrected chi connectivity index (χ1v) is 7.69. The zero-order chi connectivity index (χ0) is 16.8. The van der Waals surface area contributed by atoms with E-state index in [0.29, 0.717) is 39.0 Å². The van der Waals surface area contributed by atoms with Gasteiger partial charge in [-0.1, -0.05) is 0 Å². The molecule has 1 rings (SSSR count). The molecule has 22 heavy (non-hydrogen) atoms. The smallest absolute Gasteiger partial charge is 0.407 e. The standard InChI is InChI=1S/C15H27N3O4/c1-11(19)18-9-5-12(6-10-18)13(20)16-7-8-17-14(21)22-15(2,3)4/h12H,5-10H2,1-4H3,(H,16,20)(H,17,21). The molecular formula is C15H27N3O4. The summed E-state index contributed by atoms with van der Waals surface area (Å²) in [5, 5.41) is 5.39. The van der Waals surface area contributed by atoms with Gasteiger partial charge in [-0.15, -0.1) is 0 Å². The largest absolute Gasteiger partial charge is 0.444 e. The van der Waals surface area contributed by atoms with Crippen LogP contribution in [0, 0.1) is 5.92 Å². The first-order chi connectivity index (χ1) is 10.2. The van der Waals surface area contributed by atoms with Crippen LogP contribution in [0.4, 0.5) is 4.79 Å². The van der Waals surface area contributed by atoms with Gasteiger partial charge in [0.2, 0.25) is 11.8 Å². The molecule has 0 spiro atoms. The Morgan fingerprint density at radius 3 is 2.14 bits per heavy atom. The minimum atomic E-state index is -0.530. The zero-order valence-electron chi connectivity index (χ0n) is 13.9. The normalized spacial score (nSPS) is 16.1. The maximum Gasteiger partial charge on any atom is 0.407 e. The third-order valence-corrected chi connectivity index (χ3v) is 3.40. The Bertz CT molecular complexity index is 410. The summed E-state index contributed by atoms with van der Waals surface area (Å²) in [5.41, 5.74) is -0.530. The highest BCUT2D eigenvalue weighted by Crippen LogP contribution is 2.17. The molecule has 7 nitrogen and oxygen atoms in total. The van der Waals surface area contributed by atoms with Crippen LogP contribution >= 0.6 is 0 Å². The summed E-state index contributed by atoms with van der Waals surface area (Å²) in [6, 6.07) is 0. The minimum absolute atomic E-state index is 0.0193. The van der Waals surface area contributed by atoms with E-state index in [1.165, 1.54) is 0 Å². The van der Waals surface area contributed by atoms with Crippen molar-refractivity contribution in [1.29, 1.82) is 0 Å². The molecule has 0 radical (unpaired) electrons. The van der Waals surface area contributed by atoms with Crippen molar-refractivity contribution in [2.45, 2.75) is 46.1 Å². The molecule has 0 bridgehead atoms. The Kier molecular flexibility index (Phi) is 6.64. The second kappa shape index (κ2) is 8.00. The lowest BCUT2D eigenvalue weighted by Gasteiger charge is -2.30. The van der Waals surface area contributed by atoms with Crippen LogP contribution in [0.25, 0.3) is 0 Å². The zero-order valence-corrected chi connectivity index (χ0v) is 13.9. The van der Waals surface area contributed by atoms with Gasteiger partial charge in [0.25, 0.3) is 0 Å². The predicted octanol–water partition coefficient (Wildman–Crippen LogP) is 0.886. The molecule has 1 aliphatic heterocycles. The van der Waals surface area contributed by atoms with Crippen LogP contribution in [-0.4, -0.2) is 54.6 Å². The maximum absolute atomic E-state index is 12.0. The van der Waals surface area contributed by atoms with E-state index in [9.17, 15) is 14.4 Å². The van der Waals surface area contributed by atoms with E-state index < -0.39 is 11.7 Å². The summed E-state index contributed by atoms with van der Waals surface area (Å²) in [6.07, 6.45) is 0.882. The van der Waals surface area contributed by atoms with Gasteiger partial charge in [-0.2, -0.15) is 0 Å². The van der Waals surface area contributed by atoms with E-state index in [1.807, 2.05) is 0 Å². The molecule has 0 unspecified atom stereocenters. The molecule has 7 heteroatoms. The fraction of sp³-hybridized carbons (Fsp3) is 0.800. The number of hydrogen-bond donors (Lipinski definition) is 2. The predicted molar refractivity (Wildman–Crippen MR) is 82.2 cm³/mol. The summed E-state index contributed by atoms with van der Waals surface area (Å²) >= 11 is 0. The molecular weight excluding hydrogens is 286 g/mol. The highest BCUT2D eigenvalue weighted by atomic mass is 16.6.